The molecule has 0 bridgehead atoms. The molecule has 12 nitrogen and oxygen atoms in total. The number of aryl methyl sites for hydroxylation is 1. The Labute approximate surface area is 249 Å². The number of hydrogen-bond donors (Lipinski definition) is 5. The largest absolute Gasteiger partial charge is 0.506 e. The van der Waals surface area contributed by atoms with Crippen LogP contribution in [0.4, 0.5) is 0 Å². The van der Waals surface area contributed by atoms with Crippen LogP contribution in [0, 0.1) is 5.92 Å². The molecule has 5 N–H and O–H groups in total. The van der Waals surface area contributed by atoms with Crippen LogP contribution in [0.5, 0.6) is 11.5 Å². The summed E-state index contributed by atoms with van der Waals surface area (Å²) in [7, 11) is 0. The molecule has 2 atom stereocenters. The zero-order chi connectivity index (χ0) is 31.5. The van der Waals surface area contributed by atoms with Gasteiger partial charge in [-0.1, -0.05) is 44.2 Å². The van der Waals surface area contributed by atoms with Crippen molar-refractivity contribution in [3.8, 4) is 22.8 Å². The van der Waals surface area contributed by atoms with Crippen molar-refractivity contribution in [1.29, 1.82) is 0 Å². The van der Waals surface area contributed by atoms with Gasteiger partial charge in [-0.15, -0.1) is 0 Å². The molecule has 0 spiro atoms. The van der Waals surface area contributed by atoms with Crippen molar-refractivity contribution in [1.82, 2.24) is 15.7 Å². The third-order valence-electron chi connectivity index (χ3n) is 7.09. The Bertz CT molecular complexity index is 1420. The maximum atomic E-state index is 13.1. The van der Waals surface area contributed by atoms with Crippen LogP contribution in [-0.2, 0) is 22.4 Å². The van der Waals surface area contributed by atoms with E-state index in [9.17, 15) is 34.6 Å². The molecule has 43 heavy (non-hydrogen) atoms. The topological polar surface area (TPSA) is 179 Å². The Hall–Kier alpha value is -4.84. The molecule has 0 fully saturated rings. The van der Waals surface area contributed by atoms with Gasteiger partial charge in [0.25, 0.3) is 5.91 Å². The summed E-state index contributed by atoms with van der Waals surface area (Å²) in [5, 5.41) is 36.1. The highest BCUT2D eigenvalue weighted by Gasteiger charge is 2.31. The number of aromatic carboxylic acids is 1. The molecule has 230 valence electrons. The monoisotopic (exact) mass is 595 g/mol. The lowest BCUT2D eigenvalue weighted by molar-refractivity contribution is -0.168. The number of ether oxygens (including phenoxy) is 1. The summed E-state index contributed by atoms with van der Waals surface area (Å²) in [5.41, 5.74) is 1.24. The van der Waals surface area contributed by atoms with E-state index in [1.807, 2.05) is 37.3 Å². The lowest BCUT2D eigenvalue weighted by Crippen LogP contribution is -2.47. The number of carbonyl (C=O) groups is 4. The number of amides is 3. The Balaban J connectivity index is 1.74. The number of hydrogen-bond acceptors (Lipinski definition) is 8. The minimum absolute atomic E-state index is 0.0660. The van der Waals surface area contributed by atoms with Crippen LogP contribution in [0.15, 0.2) is 52.9 Å². The SMILES string of the molecule is CCOc1cc(C(=O)O)c(O)c(-c2ccc(C(=O)NCNC(=O)[C@H](CCc3ccccc3)[C@@H](CC)N(O)C=O)o2)c1CC. The summed E-state index contributed by atoms with van der Waals surface area (Å²) in [6.07, 6.45) is 1.84. The summed E-state index contributed by atoms with van der Waals surface area (Å²) in [6.45, 7) is 5.30. The maximum absolute atomic E-state index is 13.1. The average molecular weight is 596 g/mol. The zero-order valence-electron chi connectivity index (χ0n) is 24.3. The quantitative estimate of drug-likeness (QED) is 0.0708. The minimum Gasteiger partial charge on any atom is -0.506 e. The van der Waals surface area contributed by atoms with Gasteiger partial charge < -0.3 is 30.0 Å². The van der Waals surface area contributed by atoms with E-state index in [0.29, 0.717) is 36.3 Å². The molecule has 3 rings (SSSR count). The number of carboxylic acid groups (broad SMARTS) is 1. The molecule has 3 aromatic rings. The molecule has 0 aliphatic carbocycles. The second kappa shape index (κ2) is 15.4. The Kier molecular flexibility index (Phi) is 11.7. The van der Waals surface area contributed by atoms with Crippen LogP contribution in [0.25, 0.3) is 11.3 Å². The van der Waals surface area contributed by atoms with E-state index in [2.05, 4.69) is 10.6 Å². The fraction of sp³-hybridized carbons (Fsp3) is 0.355. The molecule has 1 aromatic heterocycles. The first kappa shape index (κ1) is 32.7. The molecule has 3 amide bonds. The number of carbonyl (C=O) groups excluding carboxylic acids is 3. The number of nitrogens with zero attached hydrogens (tertiary/aromatic N) is 1. The predicted molar refractivity (Wildman–Crippen MR) is 156 cm³/mol. The third-order valence-corrected chi connectivity index (χ3v) is 7.09. The van der Waals surface area contributed by atoms with Crippen molar-refractivity contribution in [3.63, 3.8) is 0 Å². The van der Waals surface area contributed by atoms with Crippen LogP contribution in [0.1, 0.15) is 65.7 Å². The van der Waals surface area contributed by atoms with Crippen LogP contribution < -0.4 is 15.4 Å². The van der Waals surface area contributed by atoms with Gasteiger partial charge in [-0.05, 0) is 56.4 Å². The maximum Gasteiger partial charge on any atom is 0.339 e. The van der Waals surface area contributed by atoms with Crippen LogP contribution in [0.2, 0.25) is 0 Å². The highest BCUT2D eigenvalue weighted by molar-refractivity contribution is 5.96. The average Bonchev–Trinajstić information content (AvgIpc) is 3.49. The summed E-state index contributed by atoms with van der Waals surface area (Å²) in [4.78, 5) is 49.0. The molecular weight excluding hydrogens is 558 g/mol. The van der Waals surface area contributed by atoms with E-state index in [1.54, 1.807) is 13.8 Å². The number of aromatic hydroxyl groups is 1. The summed E-state index contributed by atoms with van der Waals surface area (Å²) >= 11 is 0. The number of rotatable bonds is 16. The van der Waals surface area contributed by atoms with Gasteiger partial charge in [0.15, 0.2) is 5.76 Å². The Morgan fingerprint density at radius 3 is 2.40 bits per heavy atom. The first-order valence-electron chi connectivity index (χ1n) is 14.0. The van der Waals surface area contributed by atoms with Gasteiger partial charge in [-0.3, -0.25) is 19.6 Å². The van der Waals surface area contributed by atoms with Gasteiger partial charge in [0.1, 0.15) is 22.8 Å². The van der Waals surface area contributed by atoms with Gasteiger partial charge >= 0.3 is 5.97 Å². The van der Waals surface area contributed by atoms with E-state index >= 15 is 0 Å². The molecule has 0 unspecified atom stereocenters. The van der Waals surface area contributed by atoms with Crippen molar-refractivity contribution in [2.45, 2.75) is 52.5 Å². The van der Waals surface area contributed by atoms with Crippen molar-refractivity contribution in [2.75, 3.05) is 13.3 Å². The lowest BCUT2D eigenvalue weighted by atomic mass is 9.90. The van der Waals surface area contributed by atoms with Gasteiger partial charge in [-0.2, -0.15) is 0 Å². The van der Waals surface area contributed by atoms with Crippen LogP contribution in [0.3, 0.4) is 0 Å². The normalized spacial score (nSPS) is 12.2. The molecule has 0 radical (unpaired) electrons. The molecule has 0 aliphatic heterocycles. The number of nitrogens with one attached hydrogen (secondary N) is 2. The van der Waals surface area contributed by atoms with E-state index in [4.69, 9.17) is 9.15 Å². The van der Waals surface area contributed by atoms with E-state index in [0.717, 1.165) is 5.56 Å². The van der Waals surface area contributed by atoms with Gasteiger partial charge in [0, 0.05) is 5.56 Å². The number of carboxylic acids is 1. The number of phenols is 1. The van der Waals surface area contributed by atoms with Crippen molar-refractivity contribution in [3.05, 3.63) is 71.0 Å². The van der Waals surface area contributed by atoms with Gasteiger partial charge in [-0.25, -0.2) is 9.86 Å². The van der Waals surface area contributed by atoms with Crippen molar-refractivity contribution in [2.24, 2.45) is 5.92 Å². The zero-order valence-corrected chi connectivity index (χ0v) is 24.3. The molecular formula is C31H37N3O9. The smallest absolute Gasteiger partial charge is 0.339 e. The molecule has 0 aliphatic rings. The lowest BCUT2D eigenvalue weighted by Gasteiger charge is -2.29. The Morgan fingerprint density at radius 2 is 1.79 bits per heavy atom. The first-order valence-corrected chi connectivity index (χ1v) is 14.0. The van der Waals surface area contributed by atoms with E-state index in [1.165, 1.54) is 18.2 Å². The number of hydroxylamine groups is 2. The van der Waals surface area contributed by atoms with Crippen LogP contribution in [-0.4, -0.2) is 64.0 Å². The summed E-state index contributed by atoms with van der Waals surface area (Å²) in [6, 6.07) is 12.8. The predicted octanol–water partition coefficient (Wildman–Crippen LogP) is 3.99. The van der Waals surface area contributed by atoms with Crippen LogP contribution >= 0.6 is 0 Å². The minimum atomic E-state index is -1.35. The highest BCUT2D eigenvalue weighted by atomic mass is 16.5. The molecule has 0 saturated heterocycles. The van der Waals surface area contributed by atoms with E-state index < -0.39 is 35.5 Å². The molecule has 2 aromatic carbocycles. The standard InChI is InChI=1S/C31H37N3O9/c1-4-20-26(42-6-3)16-22(31(39)40)28(36)27(20)24-14-15-25(43-24)30(38)33-17-32-29(37)21(23(5-2)34(41)18-35)13-12-19-10-8-7-9-11-19/h7-11,14-16,18,21,23,36,41H,4-6,12-13,17H2,1-3H3,(H,32,37)(H,33,38)(H,39,40)/t21-,23-/m1/s1. The second-order valence-corrected chi connectivity index (χ2v) is 9.70. The Morgan fingerprint density at radius 1 is 1.07 bits per heavy atom. The molecule has 0 saturated carbocycles. The van der Waals surface area contributed by atoms with Gasteiger partial charge in [0.2, 0.25) is 12.3 Å². The van der Waals surface area contributed by atoms with Crippen molar-refractivity contribution < 1.29 is 43.8 Å². The van der Waals surface area contributed by atoms with E-state index in [-0.39, 0.29) is 48.1 Å². The summed E-state index contributed by atoms with van der Waals surface area (Å²) < 4.78 is 11.3. The third kappa shape index (κ3) is 7.92. The first-order chi connectivity index (χ1) is 20.7. The second-order valence-electron chi connectivity index (χ2n) is 9.70. The highest BCUT2D eigenvalue weighted by Crippen LogP contribution is 2.42. The van der Waals surface area contributed by atoms with Gasteiger partial charge in [0.05, 0.1) is 30.8 Å². The van der Waals surface area contributed by atoms with Crippen molar-refractivity contribution >= 4 is 24.2 Å². The number of furan rings is 1. The number of benzene rings is 2. The molecule has 12 heteroatoms. The fourth-order valence-corrected chi connectivity index (χ4v) is 4.97. The summed E-state index contributed by atoms with van der Waals surface area (Å²) in [5.74, 6) is -3.56. The molecule has 1 heterocycles. The fourth-order valence-electron chi connectivity index (χ4n) is 4.97.